The lowest BCUT2D eigenvalue weighted by atomic mass is 10.1. The molecule has 1 aliphatic heterocycles. The summed E-state index contributed by atoms with van der Waals surface area (Å²) in [5, 5.41) is 0.706. The van der Waals surface area contributed by atoms with Gasteiger partial charge in [0.2, 0.25) is 0 Å². The van der Waals surface area contributed by atoms with Gasteiger partial charge in [-0.3, -0.25) is 9.69 Å². The number of amidine groups is 1. The fraction of sp³-hybridized carbons (Fsp3) is 0.304. The van der Waals surface area contributed by atoms with Crippen molar-refractivity contribution in [2.24, 2.45) is 4.99 Å². The zero-order chi connectivity index (χ0) is 20.8. The first kappa shape index (κ1) is 21.0. The van der Waals surface area contributed by atoms with Gasteiger partial charge in [-0.1, -0.05) is 13.0 Å². The molecule has 0 spiro atoms. The lowest BCUT2D eigenvalue weighted by molar-refractivity contribution is -0.122. The molecule has 2 aromatic carbocycles. The van der Waals surface area contributed by atoms with Gasteiger partial charge in [-0.25, -0.2) is 4.99 Å². The maximum atomic E-state index is 13.0. The summed E-state index contributed by atoms with van der Waals surface area (Å²) in [7, 11) is 1.66. The average molecular weight is 411 g/mol. The van der Waals surface area contributed by atoms with E-state index in [-0.39, 0.29) is 5.91 Å². The second-order valence-electron chi connectivity index (χ2n) is 6.62. The van der Waals surface area contributed by atoms with Crippen LogP contribution in [0, 0.1) is 6.92 Å². The highest BCUT2D eigenvalue weighted by Crippen LogP contribution is 2.35. The van der Waals surface area contributed by atoms with E-state index < -0.39 is 0 Å². The van der Waals surface area contributed by atoms with Crippen molar-refractivity contribution in [3.05, 3.63) is 58.5 Å². The third kappa shape index (κ3) is 5.01. The van der Waals surface area contributed by atoms with Crippen LogP contribution in [0.2, 0.25) is 0 Å². The van der Waals surface area contributed by atoms with E-state index in [9.17, 15) is 4.79 Å². The number of methoxy groups -OCH3 is 1. The number of hydrogen-bond acceptors (Lipinski definition) is 5. The van der Waals surface area contributed by atoms with Gasteiger partial charge in [0.25, 0.3) is 5.91 Å². The molecular formula is C23H26N2O3S. The van der Waals surface area contributed by atoms with E-state index in [4.69, 9.17) is 14.5 Å². The molecule has 3 rings (SSSR count). The Kier molecular flexibility index (Phi) is 6.99. The standard InChI is InChI=1S/C23H26N2O3S/c1-5-13-25-22(26)21(15-17-7-12-20(27-4)16(3)14-17)29-23(25)24-18-8-10-19(11-9-18)28-6-2/h7-12,14-15H,5-6,13H2,1-4H3. The third-order valence-electron chi connectivity index (χ3n) is 4.42. The quantitative estimate of drug-likeness (QED) is 0.572. The molecule has 0 radical (unpaired) electrons. The lowest BCUT2D eigenvalue weighted by Gasteiger charge is -2.14. The number of benzene rings is 2. The van der Waals surface area contributed by atoms with Crippen molar-refractivity contribution in [2.75, 3.05) is 20.3 Å². The number of hydrogen-bond donors (Lipinski definition) is 0. The summed E-state index contributed by atoms with van der Waals surface area (Å²) in [4.78, 5) is 20.1. The number of ether oxygens (including phenoxy) is 2. The van der Waals surface area contributed by atoms with E-state index in [1.165, 1.54) is 11.8 Å². The molecule has 152 valence electrons. The van der Waals surface area contributed by atoms with Crippen LogP contribution in [0.15, 0.2) is 52.4 Å². The number of aliphatic imine (C=N–C) groups is 1. The molecule has 29 heavy (non-hydrogen) atoms. The Balaban J connectivity index is 1.88. The molecule has 0 saturated carbocycles. The van der Waals surface area contributed by atoms with Crippen molar-refractivity contribution in [3.63, 3.8) is 0 Å². The molecular weight excluding hydrogens is 384 g/mol. The minimum atomic E-state index is -0.00462. The first-order valence-corrected chi connectivity index (χ1v) is 10.5. The minimum absolute atomic E-state index is 0.00462. The van der Waals surface area contributed by atoms with Gasteiger partial charge in [0, 0.05) is 6.54 Å². The Morgan fingerprint density at radius 3 is 2.52 bits per heavy atom. The Morgan fingerprint density at radius 2 is 1.90 bits per heavy atom. The molecule has 1 saturated heterocycles. The van der Waals surface area contributed by atoms with E-state index in [0.717, 1.165) is 34.7 Å². The molecule has 0 unspecified atom stereocenters. The van der Waals surface area contributed by atoms with Crippen molar-refractivity contribution >= 4 is 34.6 Å². The van der Waals surface area contributed by atoms with Crippen LogP contribution >= 0.6 is 11.8 Å². The average Bonchev–Trinajstić information content (AvgIpc) is 2.99. The molecule has 5 nitrogen and oxygen atoms in total. The van der Waals surface area contributed by atoms with E-state index in [1.807, 2.05) is 62.4 Å². The maximum absolute atomic E-state index is 13.0. The van der Waals surface area contributed by atoms with Crippen LogP contribution in [-0.2, 0) is 4.79 Å². The lowest BCUT2D eigenvalue weighted by Crippen LogP contribution is -2.29. The molecule has 2 aromatic rings. The van der Waals surface area contributed by atoms with Gasteiger partial charge in [-0.05, 0) is 85.6 Å². The molecule has 0 atom stereocenters. The Labute approximate surface area is 176 Å². The first-order valence-electron chi connectivity index (χ1n) is 9.73. The predicted molar refractivity (Wildman–Crippen MR) is 120 cm³/mol. The molecule has 1 heterocycles. The highest BCUT2D eigenvalue weighted by molar-refractivity contribution is 8.18. The van der Waals surface area contributed by atoms with Crippen LogP contribution in [0.25, 0.3) is 6.08 Å². The normalized spacial score (nSPS) is 16.7. The molecule has 0 aliphatic carbocycles. The maximum Gasteiger partial charge on any atom is 0.266 e. The van der Waals surface area contributed by atoms with Gasteiger partial charge < -0.3 is 9.47 Å². The van der Waals surface area contributed by atoms with Crippen LogP contribution in [0.3, 0.4) is 0 Å². The highest BCUT2D eigenvalue weighted by Gasteiger charge is 2.32. The topological polar surface area (TPSA) is 51.1 Å². The number of carbonyl (C=O) groups excluding carboxylic acids is 1. The van der Waals surface area contributed by atoms with Crippen LogP contribution < -0.4 is 9.47 Å². The summed E-state index contributed by atoms with van der Waals surface area (Å²) >= 11 is 1.41. The summed E-state index contributed by atoms with van der Waals surface area (Å²) in [5.41, 5.74) is 2.80. The SMILES string of the molecule is CCCN1C(=O)C(=Cc2ccc(OC)c(C)c2)SC1=Nc1ccc(OCC)cc1. The molecule has 0 aromatic heterocycles. The predicted octanol–water partition coefficient (Wildman–Crippen LogP) is 5.42. The zero-order valence-electron chi connectivity index (χ0n) is 17.3. The number of thioether (sulfide) groups is 1. The van der Waals surface area contributed by atoms with Crippen molar-refractivity contribution in [3.8, 4) is 11.5 Å². The third-order valence-corrected chi connectivity index (χ3v) is 5.43. The largest absolute Gasteiger partial charge is 0.496 e. The number of amides is 1. The van der Waals surface area contributed by atoms with Gasteiger partial charge in [0.15, 0.2) is 5.17 Å². The summed E-state index contributed by atoms with van der Waals surface area (Å²) in [6.07, 6.45) is 2.78. The minimum Gasteiger partial charge on any atom is -0.496 e. The van der Waals surface area contributed by atoms with Gasteiger partial charge in [-0.15, -0.1) is 0 Å². The van der Waals surface area contributed by atoms with Crippen LogP contribution in [-0.4, -0.2) is 36.2 Å². The molecule has 0 N–H and O–H groups in total. The van der Waals surface area contributed by atoms with Gasteiger partial charge in [0.1, 0.15) is 11.5 Å². The van der Waals surface area contributed by atoms with Crippen LogP contribution in [0.1, 0.15) is 31.4 Å². The summed E-state index contributed by atoms with van der Waals surface area (Å²) < 4.78 is 10.8. The van der Waals surface area contributed by atoms with E-state index >= 15 is 0 Å². The molecule has 6 heteroatoms. The van der Waals surface area contributed by atoms with Crippen molar-refractivity contribution in [1.82, 2.24) is 4.90 Å². The van der Waals surface area contributed by atoms with Gasteiger partial charge in [0.05, 0.1) is 24.3 Å². The van der Waals surface area contributed by atoms with Gasteiger partial charge in [-0.2, -0.15) is 0 Å². The summed E-state index contributed by atoms with van der Waals surface area (Å²) in [6.45, 7) is 7.27. The molecule has 0 bridgehead atoms. The fourth-order valence-electron chi connectivity index (χ4n) is 3.05. The number of aryl methyl sites for hydroxylation is 1. The molecule has 1 fully saturated rings. The number of rotatable bonds is 7. The summed E-state index contributed by atoms with van der Waals surface area (Å²) in [6, 6.07) is 13.5. The van der Waals surface area contributed by atoms with Crippen molar-refractivity contribution in [1.29, 1.82) is 0 Å². The molecule has 1 aliphatic rings. The Hall–Kier alpha value is -2.73. The van der Waals surface area contributed by atoms with E-state index in [1.54, 1.807) is 12.0 Å². The fourth-order valence-corrected chi connectivity index (χ4v) is 4.07. The van der Waals surface area contributed by atoms with E-state index in [0.29, 0.717) is 23.2 Å². The highest BCUT2D eigenvalue weighted by atomic mass is 32.2. The molecule has 1 amide bonds. The van der Waals surface area contributed by atoms with Crippen molar-refractivity contribution < 1.29 is 14.3 Å². The smallest absolute Gasteiger partial charge is 0.266 e. The first-order chi connectivity index (χ1) is 14.0. The zero-order valence-corrected chi connectivity index (χ0v) is 18.1. The number of nitrogens with zero attached hydrogens (tertiary/aromatic N) is 2. The van der Waals surface area contributed by atoms with Crippen molar-refractivity contribution in [2.45, 2.75) is 27.2 Å². The van der Waals surface area contributed by atoms with Crippen LogP contribution in [0.5, 0.6) is 11.5 Å². The Bertz CT molecular complexity index is 936. The summed E-state index contributed by atoms with van der Waals surface area (Å²) in [5.74, 6) is 1.64. The Morgan fingerprint density at radius 1 is 1.14 bits per heavy atom. The second-order valence-corrected chi connectivity index (χ2v) is 7.63. The van der Waals surface area contributed by atoms with Gasteiger partial charge >= 0.3 is 0 Å². The van der Waals surface area contributed by atoms with E-state index in [2.05, 4.69) is 6.92 Å². The monoisotopic (exact) mass is 410 g/mol. The van der Waals surface area contributed by atoms with Crippen LogP contribution in [0.4, 0.5) is 5.69 Å². The second kappa shape index (κ2) is 9.65. The number of carbonyl (C=O) groups is 1.